The smallest absolute Gasteiger partial charge is 0.343 e. The van der Waals surface area contributed by atoms with Crippen molar-refractivity contribution in [3.63, 3.8) is 0 Å². The average molecular weight is 573 g/mol. The molecular formula is C26H23BrClN3O5. The molecular weight excluding hydrogens is 550 g/mol. The van der Waals surface area contributed by atoms with Crippen LogP contribution in [0.5, 0.6) is 11.5 Å². The zero-order valence-electron chi connectivity index (χ0n) is 19.3. The number of hydrazone groups is 1. The number of halogens is 2. The highest BCUT2D eigenvalue weighted by Gasteiger charge is 2.13. The first-order chi connectivity index (χ1) is 17.4. The van der Waals surface area contributed by atoms with Crippen molar-refractivity contribution < 1.29 is 23.9 Å². The van der Waals surface area contributed by atoms with E-state index in [0.717, 1.165) is 10.9 Å². The number of nitrogens with one attached hydrogen (secondary N) is 2. The standard InChI is InChI=1S/C26H23BrClN3O5/c1-2-13-35-20-10-7-17(8-11-20)26(34)36-23-12-9-19(27)14-18(23)15-30-31-24(32)16-29-25(33)21-5-3-4-6-22(21)28/h3-12,14-15H,2,13,16H2,1H3,(H,29,33)(H,31,32)/b30-15+. The number of nitrogens with zero attached hydrogens (tertiary/aromatic N) is 1. The van der Waals surface area contributed by atoms with Gasteiger partial charge in [0.15, 0.2) is 0 Å². The lowest BCUT2D eigenvalue weighted by atomic mass is 10.2. The summed E-state index contributed by atoms with van der Waals surface area (Å²) in [7, 11) is 0. The Labute approximate surface area is 221 Å². The minimum absolute atomic E-state index is 0.250. The van der Waals surface area contributed by atoms with Crippen LogP contribution in [-0.2, 0) is 4.79 Å². The zero-order valence-corrected chi connectivity index (χ0v) is 21.6. The first kappa shape index (κ1) is 26.9. The van der Waals surface area contributed by atoms with E-state index in [1.165, 1.54) is 6.21 Å². The number of esters is 1. The van der Waals surface area contributed by atoms with Crippen molar-refractivity contribution >= 4 is 51.5 Å². The number of carbonyl (C=O) groups is 3. The van der Waals surface area contributed by atoms with Crippen LogP contribution in [0.3, 0.4) is 0 Å². The largest absolute Gasteiger partial charge is 0.494 e. The number of amides is 2. The lowest BCUT2D eigenvalue weighted by Gasteiger charge is -2.09. The quantitative estimate of drug-likeness (QED) is 0.154. The third-order valence-electron chi connectivity index (χ3n) is 4.66. The van der Waals surface area contributed by atoms with E-state index in [4.69, 9.17) is 21.1 Å². The van der Waals surface area contributed by atoms with Crippen LogP contribution in [0.15, 0.2) is 76.3 Å². The van der Waals surface area contributed by atoms with Gasteiger partial charge >= 0.3 is 5.97 Å². The highest BCUT2D eigenvalue weighted by molar-refractivity contribution is 9.10. The summed E-state index contributed by atoms with van der Waals surface area (Å²) in [6.45, 7) is 2.30. The molecule has 0 saturated carbocycles. The molecule has 0 unspecified atom stereocenters. The lowest BCUT2D eigenvalue weighted by Crippen LogP contribution is -2.35. The van der Waals surface area contributed by atoms with Crippen molar-refractivity contribution in [3.05, 3.63) is 92.9 Å². The molecule has 36 heavy (non-hydrogen) atoms. The number of hydrogen-bond donors (Lipinski definition) is 2. The molecule has 0 saturated heterocycles. The molecule has 8 nitrogen and oxygen atoms in total. The first-order valence-corrected chi connectivity index (χ1v) is 12.1. The van der Waals surface area contributed by atoms with Crippen LogP contribution in [-0.4, -0.2) is 37.1 Å². The van der Waals surface area contributed by atoms with Gasteiger partial charge in [-0.25, -0.2) is 10.2 Å². The molecule has 186 valence electrons. The number of hydrogen-bond acceptors (Lipinski definition) is 6. The second-order valence-electron chi connectivity index (χ2n) is 7.40. The summed E-state index contributed by atoms with van der Waals surface area (Å²) < 4.78 is 11.8. The van der Waals surface area contributed by atoms with Crippen LogP contribution in [0.25, 0.3) is 0 Å². The van der Waals surface area contributed by atoms with Gasteiger partial charge in [0.05, 0.1) is 35.5 Å². The van der Waals surface area contributed by atoms with Gasteiger partial charge in [0, 0.05) is 10.0 Å². The molecule has 3 rings (SSSR count). The predicted octanol–water partition coefficient (Wildman–Crippen LogP) is 4.99. The van der Waals surface area contributed by atoms with E-state index in [9.17, 15) is 14.4 Å². The van der Waals surface area contributed by atoms with Crippen LogP contribution in [0.4, 0.5) is 0 Å². The fourth-order valence-electron chi connectivity index (χ4n) is 2.89. The Balaban J connectivity index is 1.58. The van der Waals surface area contributed by atoms with Gasteiger partial charge in [-0.2, -0.15) is 5.10 Å². The summed E-state index contributed by atoms with van der Waals surface area (Å²) in [6.07, 6.45) is 2.22. The lowest BCUT2D eigenvalue weighted by molar-refractivity contribution is -0.120. The molecule has 2 N–H and O–H groups in total. The third-order valence-corrected chi connectivity index (χ3v) is 5.48. The molecule has 10 heteroatoms. The summed E-state index contributed by atoms with van der Waals surface area (Å²) in [4.78, 5) is 36.9. The summed E-state index contributed by atoms with van der Waals surface area (Å²) >= 11 is 9.35. The SMILES string of the molecule is CCCOc1ccc(C(=O)Oc2ccc(Br)cc2/C=N/NC(=O)CNC(=O)c2ccccc2Cl)cc1. The Morgan fingerprint density at radius 1 is 1.06 bits per heavy atom. The Bertz CT molecular complexity index is 1260. The van der Waals surface area contributed by atoms with Crippen molar-refractivity contribution in [3.8, 4) is 11.5 Å². The number of carbonyl (C=O) groups excluding carboxylic acids is 3. The van der Waals surface area contributed by atoms with E-state index < -0.39 is 17.8 Å². The average Bonchev–Trinajstić information content (AvgIpc) is 2.88. The van der Waals surface area contributed by atoms with Crippen LogP contribution < -0.4 is 20.2 Å². The molecule has 0 radical (unpaired) electrons. The number of rotatable bonds is 10. The van der Waals surface area contributed by atoms with Gasteiger partial charge in [-0.05, 0) is 61.0 Å². The second kappa shape index (κ2) is 13.4. The highest BCUT2D eigenvalue weighted by Crippen LogP contribution is 2.23. The molecule has 0 bridgehead atoms. The van der Waals surface area contributed by atoms with Crippen molar-refractivity contribution in [1.29, 1.82) is 0 Å². The second-order valence-corrected chi connectivity index (χ2v) is 8.72. The Morgan fingerprint density at radius 2 is 1.81 bits per heavy atom. The van der Waals surface area contributed by atoms with Crippen LogP contribution >= 0.6 is 27.5 Å². The molecule has 0 heterocycles. The van der Waals surface area contributed by atoms with Crippen molar-refractivity contribution in [2.24, 2.45) is 5.10 Å². The molecule has 0 aliphatic rings. The summed E-state index contributed by atoms with van der Waals surface area (Å²) in [6, 6.07) is 18.2. The molecule has 0 spiro atoms. The maximum Gasteiger partial charge on any atom is 0.343 e. The van der Waals surface area contributed by atoms with E-state index in [0.29, 0.717) is 23.5 Å². The number of ether oxygens (including phenoxy) is 2. The predicted molar refractivity (Wildman–Crippen MR) is 141 cm³/mol. The molecule has 0 aliphatic heterocycles. The minimum Gasteiger partial charge on any atom is -0.494 e. The maximum absolute atomic E-state index is 12.6. The Morgan fingerprint density at radius 3 is 2.53 bits per heavy atom. The molecule has 3 aromatic rings. The Hall–Kier alpha value is -3.69. The van der Waals surface area contributed by atoms with E-state index in [-0.39, 0.29) is 22.9 Å². The molecule has 3 aromatic carbocycles. The summed E-state index contributed by atoms with van der Waals surface area (Å²) in [5.41, 5.74) is 3.38. The Kier molecular flexibility index (Phi) is 10.0. The molecule has 2 amide bonds. The molecule has 0 fully saturated rings. The van der Waals surface area contributed by atoms with Gasteiger partial charge in [-0.15, -0.1) is 0 Å². The highest BCUT2D eigenvalue weighted by atomic mass is 79.9. The fourth-order valence-corrected chi connectivity index (χ4v) is 3.49. The minimum atomic E-state index is -0.555. The van der Waals surface area contributed by atoms with E-state index in [2.05, 4.69) is 31.8 Å². The topological polar surface area (TPSA) is 106 Å². The van der Waals surface area contributed by atoms with E-state index in [1.807, 2.05) is 6.92 Å². The van der Waals surface area contributed by atoms with Gasteiger partial charge in [0.25, 0.3) is 11.8 Å². The normalized spacial score (nSPS) is 10.6. The van der Waals surface area contributed by atoms with E-state index in [1.54, 1.807) is 66.7 Å². The third kappa shape index (κ3) is 7.93. The van der Waals surface area contributed by atoms with Crippen LogP contribution in [0.2, 0.25) is 5.02 Å². The van der Waals surface area contributed by atoms with Gasteiger partial charge in [-0.3, -0.25) is 9.59 Å². The van der Waals surface area contributed by atoms with E-state index >= 15 is 0 Å². The molecule has 0 aliphatic carbocycles. The van der Waals surface area contributed by atoms with Gasteiger partial charge in [-0.1, -0.05) is 46.6 Å². The summed E-state index contributed by atoms with van der Waals surface area (Å²) in [5, 5.41) is 6.66. The van der Waals surface area contributed by atoms with Gasteiger partial charge in [0.1, 0.15) is 11.5 Å². The first-order valence-electron chi connectivity index (χ1n) is 11.0. The monoisotopic (exact) mass is 571 g/mol. The zero-order chi connectivity index (χ0) is 25.9. The van der Waals surface area contributed by atoms with Crippen molar-refractivity contribution in [2.45, 2.75) is 13.3 Å². The van der Waals surface area contributed by atoms with Gasteiger partial charge in [0.2, 0.25) is 0 Å². The van der Waals surface area contributed by atoms with Crippen LogP contribution in [0.1, 0.15) is 39.6 Å². The van der Waals surface area contributed by atoms with Crippen molar-refractivity contribution in [2.75, 3.05) is 13.2 Å². The maximum atomic E-state index is 12.6. The fraction of sp³-hybridized carbons (Fsp3) is 0.154. The number of benzene rings is 3. The summed E-state index contributed by atoms with van der Waals surface area (Å²) in [5.74, 6) is -0.667. The molecule has 0 atom stereocenters. The van der Waals surface area contributed by atoms with Crippen LogP contribution in [0, 0.1) is 0 Å². The van der Waals surface area contributed by atoms with Crippen molar-refractivity contribution in [1.82, 2.24) is 10.7 Å². The van der Waals surface area contributed by atoms with Gasteiger partial charge < -0.3 is 14.8 Å². The molecule has 0 aromatic heterocycles.